The van der Waals surface area contributed by atoms with Crippen molar-refractivity contribution in [3.63, 3.8) is 0 Å². The van der Waals surface area contributed by atoms with Crippen molar-refractivity contribution >= 4 is 39.8 Å². The highest BCUT2D eigenvalue weighted by atomic mass is 35.5. The molecule has 1 aliphatic rings. The van der Waals surface area contributed by atoms with E-state index in [-0.39, 0.29) is 11.3 Å². The smallest absolute Gasteiger partial charge is 0.341 e. The molecule has 0 unspecified atom stereocenters. The van der Waals surface area contributed by atoms with Crippen LogP contribution in [0.2, 0.25) is 5.02 Å². The summed E-state index contributed by atoms with van der Waals surface area (Å²) in [7, 11) is 1.37. The molecule has 3 rings (SSSR count). The maximum absolute atomic E-state index is 12.7. The van der Waals surface area contributed by atoms with E-state index < -0.39 is 5.97 Å². The highest BCUT2D eigenvalue weighted by molar-refractivity contribution is 7.17. The summed E-state index contributed by atoms with van der Waals surface area (Å²) in [5, 5.41) is 3.81. The van der Waals surface area contributed by atoms with Crippen molar-refractivity contribution in [2.45, 2.75) is 40.0 Å². The van der Waals surface area contributed by atoms with Crippen LogP contribution in [0.5, 0.6) is 0 Å². The van der Waals surface area contributed by atoms with E-state index in [9.17, 15) is 9.59 Å². The number of thiophene rings is 1. The Morgan fingerprint density at radius 2 is 1.96 bits per heavy atom. The predicted molar refractivity (Wildman–Crippen MR) is 110 cm³/mol. The van der Waals surface area contributed by atoms with Crippen molar-refractivity contribution < 1.29 is 14.3 Å². The van der Waals surface area contributed by atoms with Gasteiger partial charge in [-0.2, -0.15) is 0 Å². The summed E-state index contributed by atoms with van der Waals surface area (Å²) in [6, 6.07) is 6.87. The van der Waals surface area contributed by atoms with Gasteiger partial charge in [0.05, 0.1) is 23.3 Å². The molecule has 0 fully saturated rings. The molecule has 2 aromatic rings. The number of benzene rings is 1. The van der Waals surface area contributed by atoms with Gasteiger partial charge in [-0.3, -0.25) is 4.79 Å². The van der Waals surface area contributed by atoms with Crippen LogP contribution < -0.4 is 5.32 Å². The van der Waals surface area contributed by atoms with Gasteiger partial charge in [0.1, 0.15) is 5.00 Å². The maximum Gasteiger partial charge on any atom is 0.341 e. The molecule has 6 heteroatoms. The van der Waals surface area contributed by atoms with Crippen LogP contribution in [0, 0.1) is 11.3 Å². The van der Waals surface area contributed by atoms with Crippen molar-refractivity contribution in [2.75, 3.05) is 12.4 Å². The van der Waals surface area contributed by atoms with E-state index in [1.807, 2.05) is 0 Å². The van der Waals surface area contributed by atoms with Crippen molar-refractivity contribution in [1.82, 2.24) is 0 Å². The molecule has 0 bridgehead atoms. The van der Waals surface area contributed by atoms with Crippen molar-refractivity contribution in [1.29, 1.82) is 0 Å². The molecule has 0 radical (unpaired) electrons. The number of nitrogens with one attached hydrogen (secondary N) is 1. The minimum atomic E-state index is -0.406. The number of halogens is 1. The minimum absolute atomic E-state index is 0.202. The number of methoxy groups -OCH3 is 1. The molecule has 0 aliphatic heterocycles. The van der Waals surface area contributed by atoms with E-state index in [2.05, 4.69) is 26.1 Å². The molecular formula is C21H24ClNO3S. The van der Waals surface area contributed by atoms with Crippen LogP contribution in [-0.2, 0) is 17.6 Å². The van der Waals surface area contributed by atoms with Gasteiger partial charge >= 0.3 is 5.97 Å². The fourth-order valence-corrected chi connectivity index (χ4v) is 5.08. The third kappa shape index (κ3) is 4.04. The summed E-state index contributed by atoms with van der Waals surface area (Å²) in [6.07, 6.45) is 2.75. The zero-order valence-corrected chi connectivity index (χ0v) is 17.6. The number of hydrogen-bond acceptors (Lipinski definition) is 4. The third-order valence-corrected chi connectivity index (χ3v) is 6.72. The van der Waals surface area contributed by atoms with Crippen molar-refractivity contribution in [3.8, 4) is 0 Å². The highest BCUT2D eigenvalue weighted by Gasteiger charge is 2.34. The first kappa shape index (κ1) is 19.9. The molecule has 0 saturated carbocycles. The van der Waals surface area contributed by atoms with E-state index in [4.69, 9.17) is 16.3 Å². The topological polar surface area (TPSA) is 55.4 Å². The summed E-state index contributed by atoms with van der Waals surface area (Å²) >= 11 is 7.61. The fraction of sp³-hybridized carbons (Fsp3) is 0.429. The lowest BCUT2D eigenvalue weighted by Crippen LogP contribution is -2.26. The van der Waals surface area contributed by atoms with Gasteiger partial charge in [-0.15, -0.1) is 11.3 Å². The van der Waals surface area contributed by atoms with Gasteiger partial charge in [-0.05, 0) is 48.3 Å². The number of ether oxygens (including phenoxy) is 1. The Morgan fingerprint density at radius 3 is 2.59 bits per heavy atom. The summed E-state index contributed by atoms with van der Waals surface area (Å²) in [4.78, 5) is 26.3. The summed E-state index contributed by atoms with van der Waals surface area (Å²) in [5.74, 6) is -0.186. The van der Waals surface area contributed by atoms with Gasteiger partial charge in [-0.25, -0.2) is 4.79 Å². The molecule has 1 atom stereocenters. The number of fused-ring (bicyclic) bond motifs is 1. The zero-order chi connectivity index (χ0) is 19.8. The molecule has 1 aromatic heterocycles. The monoisotopic (exact) mass is 405 g/mol. The van der Waals surface area contributed by atoms with Gasteiger partial charge in [0, 0.05) is 4.88 Å². The number of carbonyl (C=O) groups excluding carboxylic acids is 2. The Morgan fingerprint density at radius 1 is 1.26 bits per heavy atom. The van der Waals surface area contributed by atoms with Crippen LogP contribution in [0.1, 0.15) is 58.3 Å². The number of hydrogen-bond donors (Lipinski definition) is 1. The maximum atomic E-state index is 12.7. The highest BCUT2D eigenvalue weighted by Crippen LogP contribution is 2.44. The van der Waals surface area contributed by atoms with Crippen LogP contribution >= 0.6 is 22.9 Å². The van der Waals surface area contributed by atoms with Crippen molar-refractivity contribution in [2.24, 2.45) is 11.3 Å². The Labute approximate surface area is 168 Å². The second kappa shape index (κ2) is 7.64. The summed E-state index contributed by atoms with van der Waals surface area (Å²) in [5.41, 5.74) is 2.09. The zero-order valence-electron chi connectivity index (χ0n) is 16.0. The summed E-state index contributed by atoms with van der Waals surface area (Å²) in [6.45, 7) is 6.74. The lowest BCUT2D eigenvalue weighted by atomic mass is 9.72. The lowest BCUT2D eigenvalue weighted by molar-refractivity contribution is 0.0600. The molecule has 0 saturated heterocycles. The average Bonchev–Trinajstić information content (AvgIpc) is 2.97. The van der Waals surface area contributed by atoms with Crippen LogP contribution in [0.4, 0.5) is 5.00 Å². The first-order chi connectivity index (χ1) is 12.7. The standard InChI is InChI=1S/C21H24ClNO3S/c1-21(2,3)12-9-10-14-16(11-12)27-19(17(14)20(25)26-4)23-18(24)13-7-5-6-8-15(13)22/h5-8,12H,9-11H2,1-4H3,(H,23,24)/t12-/m0/s1. The molecule has 27 heavy (non-hydrogen) atoms. The van der Waals surface area contributed by atoms with E-state index in [1.54, 1.807) is 24.3 Å². The molecule has 0 spiro atoms. The predicted octanol–water partition coefficient (Wildman–Crippen LogP) is 5.59. The molecule has 1 heterocycles. The number of amides is 1. The number of rotatable bonds is 3. The molecule has 1 N–H and O–H groups in total. The second-order valence-electron chi connectivity index (χ2n) is 7.94. The van der Waals surface area contributed by atoms with Crippen LogP contribution in [0.15, 0.2) is 24.3 Å². The van der Waals surface area contributed by atoms with Gasteiger partial charge in [-0.1, -0.05) is 44.5 Å². The average molecular weight is 406 g/mol. The Bertz CT molecular complexity index is 882. The molecule has 144 valence electrons. The van der Waals surface area contributed by atoms with Gasteiger partial charge < -0.3 is 10.1 Å². The van der Waals surface area contributed by atoms with Gasteiger partial charge in [0.25, 0.3) is 5.91 Å². The minimum Gasteiger partial charge on any atom is -0.465 e. The van der Waals surface area contributed by atoms with E-state index in [0.717, 1.165) is 29.7 Å². The van der Waals surface area contributed by atoms with Gasteiger partial charge in [0.15, 0.2) is 0 Å². The van der Waals surface area contributed by atoms with Crippen LogP contribution in [0.25, 0.3) is 0 Å². The second-order valence-corrected chi connectivity index (χ2v) is 9.45. The largest absolute Gasteiger partial charge is 0.465 e. The molecular weight excluding hydrogens is 382 g/mol. The summed E-state index contributed by atoms with van der Waals surface area (Å²) < 4.78 is 5.00. The Kier molecular flexibility index (Phi) is 5.63. The SMILES string of the molecule is COC(=O)c1c(NC(=O)c2ccccc2Cl)sc2c1CC[C@H](C(C)(C)C)C2. The van der Waals surface area contributed by atoms with E-state index >= 15 is 0 Å². The number of anilines is 1. The first-order valence-electron chi connectivity index (χ1n) is 9.01. The van der Waals surface area contributed by atoms with Crippen LogP contribution in [0.3, 0.4) is 0 Å². The third-order valence-electron chi connectivity index (χ3n) is 5.23. The first-order valence-corrected chi connectivity index (χ1v) is 10.2. The lowest BCUT2D eigenvalue weighted by Gasteiger charge is -2.33. The van der Waals surface area contributed by atoms with Crippen molar-refractivity contribution in [3.05, 3.63) is 50.9 Å². The number of carbonyl (C=O) groups is 2. The Hall–Kier alpha value is -1.85. The molecule has 4 nitrogen and oxygen atoms in total. The van der Waals surface area contributed by atoms with Crippen LogP contribution in [-0.4, -0.2) is 19.0 Å². The van der Waals surface area contributed by atoms with E-state index in [1.165, 1.54) is 18.4 Å². The molecule has 1 amide bonds. The van der Waals surface area contributed by atoms with E-state index in [0.29, 0.717) is 27.1 Å². The Balaban J connectivity index is 1.96. The van der Waals surface area contributed by atoms with Gasteiger partial charge in [0.2, 0.25) is 0 Å². The molecule has 1 aromatic carbocycles. The quantitative estimate of drug-likeness (QED) is 0.677. The fourth-order valence-electron chi connectivity index (χ4n) is 3.55. The normalized spacial score (nSPS) is 16.6. The number of esters is 1. The molecule has 1 aliphatic carbocycles.